The summed E-state index contributed by atoms with van der Waals surface area (Å²) < 4.78 is 32.3. The van der Waals surface area contributed by atoms with Crippen LogP contribution in [-0.4, -0.2) is 59.6 Å². The van der Waals surface area contributed by atoms with Gasteiger partial charge in [-0.1, -0.05) is 45.1 Å². The van der Waals surface area contributed by atoms with Crippen molar-refractivity contribution in [2.24, 2.45) is 0 Å². The number of carbonyl (C=O) groups excluding carboxylic acids is 5. The number of benzene rings is 2. The summed E-state index contributed by atoms with van der Waals surface area (Å²) >= 11 is 0. The highest BCUT2D eigenvalue weighted by Crippen LogP contribution is 2.26. The van der Waals surface area contributed by atoms with Gasteiger partial charge in [0.15, 0.2) is 0 Å². The molecule has 1 N–H and O–H groups in total. The molecule has 0 heterocycles. The summed E-state index contributed by atoms with van der Waals surface area (Å²) in [6.45, 7) is 10.5. The smallest absolute Gasteiger partial charge is 0.314 e. The van der Waals surface area contributed by atoms with Crippen molar-refractivity contribution in [2.75, 3.05) is 0 Å². The van der Waals surface area contributed by atoms with Crippen LogP contribution < -0.4 is 14.2 Å². The molecule has 0 saturated heterocycles. The molecular weight excluding hydrogens is 648 g/mol. The summed E-state index contributed by atoms with van der Waals surface area (Å²) in [7, 11) is 0. The molecule has 0 spiro atoms. The standard InChI is InChI=1S/C38H50O12/c1-7-10-33(39)45-25(4)19-36(42)48-30-17-15-28(16-18-30)13-14-29-22-31(49-37(43)20-26(5)46-34(40)11-8-2)24-32(23-29)50-38(44)21-27(6)47-35(41)12-9-3/h13-18,22-27,36,42H,7-12,19-21H2,1-6H3/b14-13+/t25-,26-,27-,36?/m1/s1. The number of ether oxygens (including phenoxy) is 6. The van der Waals surface area contributed by atoms with Gasteiger partial charge in [0.05, 0.1) is 12.8 Å². The summed E-state index contributed by atoms with van der Waals surface area (Å²) in [5.41, 5.74) is 1.30. The monoisotopic (exact) mass is 698 g/mol. The fraction of sp³-hybridized carbons (Fsp3) is 0.500. The summed E-state index contributed by atoms with van der Waals surface area (Å²) in [4.78, 5) is 60.7. The van der Waals surface area contributed by atoms with Crippen LogP contribution in [0, 0.1) is 0 Å². The molecule has 274 valence electrons. The SMILES string of the molecule is CCCC(=O)O[C@H](C)CC(=O)Oc1cc(/C=C/c2ccc(OC(O)C[C@@H](C)OC(=O)CCC)cc2)cc(OC(=O)C[C@@H](C)OC(=O)CCC)c1. The van der Waals surface area contributed by atoms with Gasteiger partial charge in [0.1, 0.15) is 35.6 Å². The predicted molar refractivity (Wildman–Crippen MR) is 185 cm³/mol. The van der Waals surface area contributed by atoms with Crippen LogP contribution >= 0.6 is 0 Å². The van der Waals surface area contributed by atoms with Crippen LogP contribution in [0.4, 0.5) is 0 Å². The van der Waals surface area contributed by atoms with Crippen molar-refractivity contribution in [3.8, 4) is 17.2 Å². The van der Waals surface area contributed by atoms with Crippen molar-refractivity contribution in [3.63, 3.8) is 0 Å². The molecule has 2 rings (SSSR count). The maximum atomic E-state index is 12.7. The van der Waals surface area contributed by atoms with Crippen molar-refractivity contribution in [1.82, 2.24) is 0 Å². The molecule has 2 aromatic carbocycles. The average molecular weight is 699 g/mol. The van der Waals surface area contributed by atoms with E-state index in [1.165, 1.54) is 6.07 Å². The van der Waals surface area contributed by atoms with E-state index in [9.17, 15) is 29.1 Å². The number of carbonyl (C=O) groups is 5. The Hall–Kier alpha value is -4.71. The third-order valence-electron chi connectivity index (χ3n) is 6.79. The van der Waals surface area contributed by atoms with Crippen LogP contribution in [0.15, 0.2) is 42.5 Å². The molecule has 0 radical (unpaired) electrons. The Balaban J connectivity index is 2.15. The van der Waals surface area contributed by atoms with Crippen molar-refractivity contribution < 1.29 is 57.5 Å². The van der Waals surface area contributed by atoms with Gasteiger partial charge in [0.2, 0.25) is 6.29 Å². The van der Waals surface area contributed by atoms with Gasteiger partial charge in [-0.25, -0.2) is 0 Å². The van der Waals surface area contributed by atoms with Crippen LogP contribution in [0.2, 0.25) is 0 Å². The first-order chi connectivity index (χ1) is 23.8. The minimum Gasteiger partial charge on any atom is -0.465 e. The number of esters is 5. The van der Waals surface area contributed by atoms with E-state index in [-0.39, 0.29) is 49.6 Å². The fourth-order valence-corrected chi connectivity index (χ4v) is 4.56. The molecule has 0 aliphatic rings. The lowest BCUT2D eigenvalue weighted by atomic mass is 10.1. The molecule has 0 aliphatic heterocycles. The Morgan fingerprint density at radius 3 is 1.44 bits per heavy atom. The van der Waals surface area contributed by atoms with Crippen molar-refractivity contribution in [2.45, 2.75) is 124 Å². The van der Waals surface area contributed by atoms with E-state index in [4.69, 9.17) is 28.4 Å². The minimum absolute atomic E-state index is 0.0989. The number of aliphatic hydroxyl groups excluding tert-OH is 1. The van der Waals surface area contributed by atoms with Crippen LogP contribution in [0.1, 0.15) is 110 Å². The summed E-state index contributed by atoms with van der Waals surface area (Å²) in [5.74, 6) is -1.82. The van der Waals surface area contributed by atoms with E-state index >= 15 is 0 Å². The minimum atomic E-state index is -1.18. The normalized spacial score (nSPS) is 13.4. The summed E-state index contributed by atoms with van der Waals surface area (Å²) in [6, 6.07) is 11.4. The number of aliphatic hydroxyl groups is 1. The van der Waals surface area contributed by atoms with Crippen molar-refractivity contribution >= 4 is 42.0 Å². The maximum absolute atomic E-state index is 12.7. The number of hydrogen-bond donors (Lipinski definition) is 1. The van der Waals surface area contributed by atoms with Gasteiger partial charge in [0, 0.05) is 31.7 Å². The Kier molecular flexibility index (Phi) is 18.3. The molecule has 0 aromatic heterocycles. The molecule has 2 aromatic rings. The van der Waals surface area contributed by atoms with E-state index in [1.54, 1.807) is 69.3 Å². The molecule has 0 bridgehead atoms. The highest BCUT2D eigenvalue weighted by molar-refractivity contribution is 5.78. The fourth-order valence-electron chi connectivity index (χ4n) is 4.56. The molecule has 1 unspecified atom stereocenters. The quantitative estimate of drug-likeness (QED) is 0.0482. The summed E-state index contributed by atoms with van der Waals surface area (Å²) in [6.07, 6.45) is 2.87. The van der Waals surface area contributed by atoms with E-state index in [2.05, 4.69) is 0 Å². The second-order valence-electron chi connectivity index (χ2n) is 12.0. The molecule has 0 saturated carbocycles. The first-order valence-corrected chi connectivity index (χ1v) is 17.1. The van der Waals surface area contributed by atoms with E-state index in [0.29, 0.717) is 37.0 Å². The number of rotatable bonds is 21. The molecule has 0 amide bonds. The molecule has 12 nitrogen and oxygen atoms in total. The lowest BCUT2D eigenvalue weighted by Crippen LogP contribution is -2.25. The molecule has 0 fully saturated rings. The lowest BCUT2D eigenvalue weighted by molar-refractivity contribution is -0.153. The first kappa shape index (κ1) is 41.5. The lowest BCUT2D eigenvalue weighted by Gasteiger charge is -2.18. The third-order valence-corrected chi connectivity index (χ3v) is 6.79. The Morgan fingerprint density at radius 2 is 1.00 bits per heavy atom. The largest absolute Gasteiger partial charge is 0.465 e. The van der Waals surface area contributed by atoms with Crippen molar-refractivity contribution in [1.29, 1.82) is 0 Å². The van der Waals surface area contributed by atoms with Crippen LogP contribution in [0.3, 0.4) is 0 Å². The first-order valence-electron chi connectivity index (χ1n) is 17.1. The van der Waals surface area contributed by atoms with Gasteiger partial charge >= 0.3 is 29.8 Å². The molecule has 0 aliphatic carbocycles. The Morgan fingerprint density at radius 1 is 0.580 bits per heavy atom. The predicted octanol–water partition coefficient (Wildman–Crippen LogP) is 6.73. The highest BCUT2D eigenvalue weighted by Gasteiger charge is 2.19. The van der Waals surface area contributed by atoms with Gasteiger partial charge in [-0.15, -0.1) is 0 Å². The van der Waals surface area contributed by atoms with Gasteiger partial charge < -0.3 is 33.5 Å². The molecule has 4 atom stereocenters. The second kappa shape index (κ2) is 22.1. The van der Waals surface area contributed by atoms with Gasteiger partial charge in [-0.3, -0.25) is 24.0 Å². The zero-order chi connectivity index (χ0) is 37.1. The molecular formula is C38H50O12. The summed E-state index contributed by atoms with van der Waals surface area (Å²) in [5, 5.41) is 10.3. The molecule has 50 heavy (non-hydrogen) atoms. The van der Waals surface area contributed by atoms with E-state index in [1.807, 2.05) is 20.8 Å². The highest BCUT2D eigenvalue weighted by atomic mass is 16.6. The molecule has 12 heteroatoms. The second-order valence-corrected chi connectivity index (χ2v) is 12.0. The van der Waals surface area contributed by atoms with Crippen molar-refractivity contribution in [3.05, 3.63) is 53.6 Å². The average Bonchev–Trinajstić information content (AvgIpc) is 3.00. The maximum Gasteiger partial charge on any atom is 0.314 e. The van der Waals surface area contributed by atoms with Gasteiger partial charge in [-0.05, 0) is 75.4 Å². The zero-order valence-electron chi connectivity index (χ0n) is 29.8. The van der Waals surface area contributed by atoms with Crippen LogP contribution in [-0.2, 0) is 38.2 Å². The topological polar surface area (TPSA) is 161 Å². The van der Waals surface area contributed by atoms with Crippen LogP contribution in [0.5, 0.6) is 17.2 Å². The third kappa shape index (κ3) is 17.1. The van der Waals surface area contributed by atoms with E-state index in [0.717, 1.165) is 5.56 Å². The van der Waals surface area contributed by atoms with E-state index < -0.39 is 48.5 Å². The van der Waals surface area contributed by atoms with Gasteiger partial charge in [0.25, 0.3) is 0 Å². The van der Waals surface area contributed by atoms with Crippen LogP contribution in [0.25, 0.3) is 12.2 Å². The van der Waals surface area contributed by atoms with Gasteiger partial charge in [-0.2, -0.15) is 0 Å². The zero-order valence-corrected chi connectivity index (χ0v) is 29.8. The number of hydrogen-bond acceptors (Lipinski definition) is 12. The Bertz CT molecular complexity index is 1370. The Labute approximate surface area is 294 Å².